The Morgan fingerprint density at radius 2 is 2.12 bits per heavy atom. The average Bonchev–Trinajstić information content (AvgIpc) is 2.36. The number of rotatable bonds is 3. The highest BCUT2D eigenvalue weighted by atomic mass is 32.2. The van der Waals surface area contributed by atoms with E-state index in [1.807, 2.05) is 24.8 Å². The summed E-state index contributed by atoms with van der Waals surface area (Å²) in [6, 6.07) is 5.14. The largest absolute Gasteiger partial charge is 0.329 e. The Kier molecular flexibility index (Phi) is 4.42. The van der Waals surface area contributed by atoms with Crippen LogP contribution in [-0.2, 0) is 0 Å². The van der Waals surface area contributed by atoms with Crippen LogP contribution in [0.3, 0.4) is 0 Å². The van der Waals surface area contributed by atoms with E-state index in [4.69, 9.17) is 5.73 Å². The summed E-state index contributed by atoms with van der Waals surface area (Å²) in [5, 5.41) is 0. The Hall–Kier alpha value is -0.580. The van der Waals surface area contributed by atoms with Gasteiger partial charge in [0.25, 0.3) is 0 Å². The molecule has 1 aromatic rings. The first kappa shape index (κ1) is 12.9. The van der Waals surface area contributed by atoms with Crippen molar-refractivity contribution in [3.63, 3.8) is 0 Å². The molecule has 2 rings (SSSR count). The first-order chi connectivity index (χ1) is 8.22. The third kappa shape index (κ3) is 3.00. The van der Waals surface area contributed by atoms with Gasteiger partial charge in [-0.1, -0.05) is 6.07 Å². The van der Waals surface area contributed by atoms with Crippen molar-refractivity contribution >= 4 is 11.8 Å². The molecule has 17 heavy (non-hydrogen) atoms. The Bertz CT molecular complexity index is 378. The number of halogens is 1. The number of nitrogens with zero attached hydrogens (tertiary/aromatic N) is 1. The molecule has 1 aliphatic rings. The fourth-order valence-electron chi connectivity index (χ4n) is 2.33. The van der Waals surface area contributed by atoms with E-state index < -0.39 is 0 Å². The molecule has 94 valence electrons. The van der Waals surface area contributed by atoms with Crippen LogP contribution in [0.4, 0.5) is 4.39 Å². The minimum Gasteiger partial charge on any atom is -0.329 e. The van der Waals surface area contributed by atoms with Crippen LogP contribution in [0, 0.1) is 12.7 Å². The van der Waals surface area contributed by atoms with Gasteiger partial charge in [-0.2, -0.15) is 11.8 Å². The van der Waals surface area contributed by atoms with Crippen LogP contribution in [0.25, 0.3) is 0 Å². The van der Waals surface area contributed by atoms with Crippen LogP contribution in [0.1, 0.15) is 17.2 Å². The van der Waals surface area contributed by atoms with Crippen LogP contribution in [0.15, 0.2) is 18.2 Å². The van der Waals surface area contributed by atoms with Crippen LogP contribution in [0.5, 0.6) is 0 Å². The smallest absolute Gasteiger partial charge is 0.123 e. The summed E-state index contributed by atoms with van der Waals surface area (Å²) in [6.45, 7) is 4.66. The summed E-state index contributed by atoms with van der Waals surface area (Å²) >= 11 is 1.97. The van der Waals surface area contributed by atoms with Gasteiger partial charge in [0.05, 0.1) is 0 Å². The molecule has 0 aromatic heterocycles. The highest BCUT2D eigenvalue weighted by molar-refractivity contribution is 7.99. The lowest BCUT2D eigenvalue weighted by Crippen LogP contribution is -2.39. The molecule has 0 spiro atoms. The second kappa shape index (κ2) is 5.85. The van der Waals surface area contributed by atoms with Crippen molar-refractivity contribution in [2.75, 3.05) is 31.1 Å². The van der Waals surface area contributed by atoms with Crippen molar-refractivity contribution in [2.24, 2.45) is 5.73 Å². The summed E-state index contributed by atoms with van der Waals surface area (Å²) in [7, 11) is 0. The topological polar surface area (TPSA) is 29.3 Å². The highest BCUT2D eigenvalue weighted by Crippen LogP contribution is 2.26. The second-order valence-corrected chi connectivity index (χ2v) is 5.63. The van der Waals surface area contributed by atoms with Gasteiger partial charge in [0.15, 0.2) is 0 Å². The van der Waals surface area contributed by atoms with E-state index in [0.29, 0.717) is 6.54 Å². The van der Waals surface area contributed by atoms with Crippen molar-refractivity contribution in [1.82, 2.24) is 4.90 Å². The third-order valence-electron chi connectivity index (χ3n) is 3.31. The predicted octanol–water partition coefficient (Wildman–Crippen LogP) is 2.18. The molecule has 0 radical (unpaired) electrons. The van der Waals surface area contributed by atoms with Crippen LogP contribution in [-0.4, -0.2) is 36.0 Å². The summed E-state index contributed by atoms with van der Waals surface area (Å²) in [6.07, 6.45) is 0. The van der Waals surface area contributed by atoms with Crippen molar-refractivity contribution in [1.29, 1.82) is 0 Å². The van der Waals surface area contributed by atoms with Crippen molar-refractivity contribution in [3.05, 3.63) is 35.1 Å². The number of nitrogens with two attached hydrogens (primary N) is 1. The number of benzene rings is 1. The minimum absolute atomic E-state index is 0.159. The van der Waals surface area contributed by atoms with E-state index in [9.17, 15) is 4.39 Å². The Morgan fingerprint density at radius 1 is 1.41 bits per heavy atom. The SMILES string of the molecule is Cc1ccc(F)cc1C(CN)N1CCSCC1. The maximum Gasteiger partial charge on any atom is 0.123 e. The van der Waals surface area contributed by atoms with Crippen molar-refractivity contribution in [2.45, 2.75) is 13.0 Å². The fraction of sp³-hybridized carbons (Fsp3) is 0.538. The van der Waals surface area contributed by atoms with Gasteiger partial charge in [0.2, 0.25) is 0 Å². The normalized spacial score (nSPS) is 19.2. The van der Waals surface area contributed by atoms with E-state index >= 15 is 0 Å². The Balaban J connectivity index is 2.24. The molecule has 1 aliphatic heterocycles. The average molecular weight is 254 g/mol. The molecule has 4 heteroatoms. The van der Waals surface area contributed by atoms with Gasteiger partial charge in [0.1, 0.15) is 5.82 Å². The quantitative estimate of drug-likeness (QED) is 0.896. The zero-order valence-corrected chi connectivity index (χ0v) is 11.0. The minimum atomic E-state index is -0.171. The monoisotopic (exact) mass is 254 g/mol. The molecule has 1 saturated heterocycles. The first-order valence-electron chi connectivity index (χ1n) is 6.00. The van der Waals surface area contributed by atoms with Crippen LogP contribution >= 0.6 is 11.8 Å². The van der Waals surface area contributed by atoms with Gasteiger partial charge in [-0.15, -0.1) is 0 Å². The Morgan fingerprint density at radius 3 is 2.76 bits per heavy atom. The van der Waals surface area contributed by atoms with Gasteiger partial charge in [0, 0.05) is 37.2 Å². The van der Waals surface area contributed by atoms with E-state index in [1.165, 1.54) is 6.07 Å². The van der Waals surface area contributed by atoms with Crippen LogP contribution in [0.2, 0.25) is 0 Å². The molecule has 0 bridgehead atoms. The number of aryl methyl sites for hydroxylation is 1. The lowest BCUT2D eigenvalue weighted by molar-refractivity contribution is 0.222. The van der Waals surface area contributed by atoms with Gasteiger partial charge >= 0.3 is 0 Å². The maximum atomic E-state index is 13.3. The lowest BCUT2D eigenvalue weighted by atomic mass is 9.99. The molecule has 1 heterocycles. The molecular weight excluding hydrogens is 235 g/mol. The predicted molar refractivity (Wildman–Crippen MR) is 71.8 cm³/mol. The highest BCUT2D eigenvalue weighted by Gasteiger charge is 2.22. The van der Waals surface area contributed by atoms with E-state index in [1.54, 1.807) is 6.07 Å². The molecule has 0 aliphatic carbocycles. The zero-order chi connectivity index (χ0) is 12.3. The summed E-state index contributed by atoms with van der Waals surface area (Å²) in [4.78, 5) is 2.37. The lowest BCUT2D eigenvalue weighted by Gasteiger charge is -2.34. The molecule has 2 nitrogen and oxygen atoms in total. The molecular formula is C13H19FN2S. The van der Waals surface area contributed by atoms with Crippen molar-refractivity contribution < 1.29 is 4.39 Å². The molecule has 1 fully saturated rings. The maximum absolute atomic E-state index is 13.3. The standard InChI is InChI=1S/C13H19FN2S/c1-10-2-3-11(14)8-12(10)13(9-15)16-4-6-17-7-5-16/h2-3,8,13H,4-7,9,15H2,1H3. The molecule has 1 unspecified atom stereocenters. The van der Waals surface area contributed by atoms with Crippen molar-refractivity contribution in [3.8, 4) is 0 Å². The first-order valence-corrected chi connectivity index (χ1v) is 7.15. The number of hydrogen-bond donors (Lipinski definition) is 1. The molecule has 2 N–H and O–H groups in total. The molecule has 1 aromatic carbocycles. The van der Waals surface area contributed by atoms with E-state index in [0.717, 1.165) is 35.7 Å². The summed E-state index contributed by atoms with van der Waals surface area (Å²) < 4.78 is 13.3. The van der Waals surface area contributed by atoms with E-state index in [2.05, 4.69) is 4.90 Å². The third-order valence-corrected chi connectivity index (χ3v) is 4.25. The number of thioether (sulfide) groups is 1. The Labute approximate surface area is 106 Å². The second-order valence-electron chi connectivity index (χ2n) is 4.40. The summed E-state index contributed by atoms with van der Waals surface area (Å²) in [5.41, 5.74) is 8.05. The number of hydrogen-bond acceptors (Lipinski definition) is 3. The van der Waals surface area contributed by atoms with Gasteiger partial charge < -0.3 is 5.73 Å². The van der Waals surface area contributed by atoms with E-state index in [-0.39, 0.29) is 11.9 Å². The molecule has 1 atom stereocenters. The van der Waals surface area contributed by atoms with Gasteiger partial charge in [-0.3, -0.25) is 4.90 Å². The summed E-state index contributed by atoms with van der Waals surface area (Å²) in [5.74, 6) is 2.12. The fourth-order valence-corrected chi connectivity index (χ4v) is 3.26. The van der Waals surface area contributed by atoms with Gasteiger partial charge in [-0.25, -0.2) is 4.39 Å². The zero-order valence-electron chi connectivity index (χ0n) is 10.2. The molecule has 0 saturated carbocycles. The molecule has 0 amide bonds. The van der Waals surface area contributed by atoms with Crippen LogP contribution < -0.4 is 5.73 Å². The van der Waals surface area contributed by atoms with Gasteiger partial charge in [-0.05, 0) is 30.2 Å².